The van der Waals surface area contributed by atoms with Crippen LogP contribution < -0.4 is 11.1 Å². The summed E-state index contributed by atoms with van der Waals surface area (Å²) in [6.45, 7) is 0. The quantitative estimate of drug-likeness (QED) is 0.816. The van der Waals surface area contributed by atoms with Crippen molar-refractivity contribution in [2.24, 2.45) is 0 Å². The Kier molecular flexibility index (Phi) is 2.69. The maximum absolute atomic E-state index is 5.84. The number of hydrogen-bond acceptors (Lipinski definition) is 4. The van der Waals surface area contributed by atoms with Crippen LogP contribution in [0.3, 0.4) is 0 Å². The third-order valence-corrected chi connectivity index (χ3v) is 2.02. The molecule has 76 valence electrons. The largest absolute Gasteiger partial charge is 0.382 e. The van der Waals surface area contributed by atoms with E-state index in [0.29, 0.717) is 16.7 Å². The van der Waals surface area contributed by atoms with E-state index in [2.05, 4.69) is 15.5 Å². The minimum Gasteiger partial charge on any atom is -0.382 e. The molecular weight excluding hydrogens is 212 g/mol. The summed E-state index contributed by atoms with van der Waals surface area (Å²) in [6, 6.07) is 10.8. The number of hydrogen-bond donors (Lipinski definition) is 2. The summed E-state index contributed by atoms with van der Waals surface area (Å²) in [4.78, 5) is 0. The molecule has 0 aliphatic rings. The van der Waals surface area contributed by atoms with Crippen LogP contribution in [0, 0.1) is 0 Å². The number of rotatable bonds is 2. The van der Waals surface area contributed by atoms with Crippen molar-refractivity contribution in [3.8, 4) is 0 Å². The van der Waals surface area contributed by atoms with Crippen LogP contribution in [0.1, 0.15) is 0 Å². The molecule has 0 aliphatic heterocycles. The van der Waals surface area contributed by atoms with Gasteiger partial charge in [-0.05, 0) is 30.3 Å². The second-order valence-electron chi connectivity index (χ2n) is 2.98. The lowest BCUT2D eigenvalue weighted by molar-refractivity contribution is 1.05. The van der Waals surface area contributed by atoms with E-state index in [1.54, 1.807) is 24.3 Å². The molecule has 0 bridgehead atoms. The van der Waals surface area contributed by atoms with Crippen molar-refractivity contribution in [2.75, 3.05) is 11.1 Å². The average molecular weight is 221 g/mol. The van der Waals surface area contributed by atoms with Gasteiger partial charge in [0, 0.05) is 10.7 Å². The lowest BCUT2D eigenvalue weighted by Gasteiger charge is -2.04. The van der Waals surface area contributed by atoms with Crippen molar-refractivity contribution >= 4 is 28.9 Å². The van der Waals surface area contributed by atoms with Crippen LogP contribution in [0.4, 0.5) is 17.3 Å². The molecule has 2 rings (SSSR count). The monoisotopic (exact) mass is 220 g/mol. The Bertz CT molecular complexity index is 455. The van der Waals surface area contributed by atoms with Crippen LogP contribution in [-0.2, 0) is 0 Å². The van der Waals surface area contributed by atoms with Gasteiger partial charge in [0.05, 0.1) is 0 Å². The molecule has 0 saturated carbocycles. The van der Waals surface area contributed by atoms with Gasteiger partial charge in [-0.1, -0.05) is 17.7 Å². The van der Waals surface area contributed by atoms with Gasteiger partial charge >= 0.3 is 0 Å². The predicted molar refractivity (Wildman–Crippen MR) is 61.2 cm³/mol. The summed E-state index contributed by atoms with van der Waals surface area (Å²) in [5.41, 5.74) is 6.28. The molecule has 0 fully saturated rings. The molecule has 2 aromatic rings. The van der Waals surface area contributed by atoms with Crippen LogP contribution in [0.25, 0.3) is 0 Å². The molecule has 0 amide bonds. The van der Waals surface area contributed by atoms with E-state index < -0.39 is 0 Å². The van der Waals surface area contributed by atoms with Gasteiger partial charge in [-0.3, -0.25) is 0 Å². The molecule has 1 aromatic carbocycles. The van der Waals surface area contributed by atoms with Gasteiger partial charge in [0.15, 0.2) is 5.82 Å². The van der Waals surface area contributed by atoms with Gasteiger partial charge in [-0.2, -0.15) is 0 Å². The maximum atomic E-state index is 5.84. The molecule has 0 unspecified atom stereocenters. The molecule has 4 nitrogen and oxygen atoms in total. The fourth-order valence-electron chi connectivity index (χ4n) is 1.12. The van der Waals surface area contributed by atoms with E-state index >= 15 is 0 Å². The predicted octanol–water partition coefficient (Wildman–Crippen LogP) is 2.46. The molecule has 1 heterocycles. The molecule has 1 aromatic heterocycles. The van der Waals surface area contributed by atoms with E-state index in [-0.39, 0.29) is 0 Å². The number of nitrogens with two attached hydrogens (primary N) is 1. The second kappa shape index (κ2) is 4.14. The van der Waals surface area contributed by atoms with Gasteiger partial charge in [-0.25, -0.2) is 0 Å². The van der Waals surface area contributed by atoms with Crippen molar-refractivity contribution < 1.29 is 0 Å². The first-order valence-electron chi connectivity index (χ1n) is 4.36. The summed E-state index contributed by atoms with van der Waals surface area (Å²) >= 11 is 5.84. The van der Waals surface area contributed by atoms with Crippen molar-refractivity contribution in [3.05, 3.63) is 41.4 Å². The standard InChI is InChI=1S/C10H9ClN4/c11-7-2-1-3-8(6-7)13-10-5-4-9(12)14-15-10/h1-6H,(H2,12,14)(H,13,15). The van der Waals surface area contributed by atoms with Gasteiger partial charge in [0.1, 0.15) is 5.82 Å². The summed E-state index contributed by atoms with van der Waals surface area (Å²) in [5, 5.41) is 11.3. The number of nitrogens with one attached hydrogen (secondary N) is 1. The zero-order chi connectivity index (χ0) is 10.7. The number of nitrogens with zero attached hydrogens (tertiary/aromatic N) is 2. The van der Waals surface area contributed by atoms with Gasteiger partial charge in [-0.15, -0.1) is 10.2 Å². The third-order valence-electron chi connectivity index (χ3n) is 1.78. The lowest BCUT2D eigenvalue weighted by atomic mass is 10.3. The van der Waals surface area contributed by atoms with Crippen molar-refractivity contribution in [3.63, 3.8) is 0 Å². The molecule has 3 N–H and O–H groups in total. The van der Waals surface area contributed by atoms with Gasteiger partial charge in [0.2, 0.25) is 0 Å². The second-order valence-corrected chi connectivity index (χ2v) is 3.42. The van der Waals surface area contributed by atoms with E-state index in [0.717, 1.165) is 5.69 Å². The Balaban J connectivity index is 2.18. The fourth-order valence-corrected chi connectivity index (χ4v) is 1.31. The zero-order valence-corrected chi connectivity index (χ0v) is 8.57. The normalized spacial score (nSPS) is 9.93. The molecule has 0 aliphatic carbocycles. The highest BCUT2D eigenvalue weighted by Crippen LogP contribution is 2.18. The highest BCUT2D eigenvalue weighted by Gasteiger charge is 1.97. The van der Waals surface area contributed by atoms with Crippen molar-refractivity contribution in [1.29, 1.82) is 0 Å². The zero-order valence-electron chi connectivity index (χ0n) is 7.81. The Morgan fingerprint density at radius 3 is 2.67 bits per heavy atom. The van der Waals surface area contributed by atoms with E-state index in [4.69, 9.17) is 17.3 Å². The van der Waals surface area contributed by atoms with Crippen molar-refractivity contribution in [1.82, 2.24) is 10.2 Å². The first-order chi connectivity index (χ1) is 7.24. The Labute approximate surface area is 92.1 Å². The van der Waals surface area contributed by atoms with Crippen LogP contribution in [0.2, 0.25) is 5.02 Å². The van der Waals surface area contributed by atoms with Crippen molar-refractivity contribution in [2.45, 2.75) is 0 Å². The van der Waals surface area contributed by atoms with E-state index in [1.165, 1.54) is 0 Å². The Morgan fingerprint density at radius 1 is 1.13 bits per heavy atom. The first kappa shape index (κ1) is 9.73. The molecule has 0 atom stereocenters. The maximum Gasteiger partial charge on any atom is 0.153 e. The highest BCUT2D eigenvalue weighted by molar-refractivity contribution is 6.30. The first-order valence-corrected chi connectivity index (χ1v) is 4.73. The molecule has 0 saturated heterocycles. The van der Waals surface area contributed by atoms with Crippen LogP contribution >= 0.6 is 11.6 Å². The Morgan fingerprint density at radius 2 is 2.00 bits per heavy atom. The minimum absolute atomic E-state index is 0.395. The summed E-state index contributed by atoms with van der Waals surface area (Å²) in [7, 11) is 0. The molecule has 5 heteroatoms. The SMILES string of the molecule is Nc1ccc(Nc2cccc(Cl)c2)nn1. The minimum atomic E-state index is 0.395. The topological polar surface area (TPSA) is 63.8 Å². The summed E-state index contributed by atoms with van der Waals surface area (Å²) in [6.07, 6.45) is 0. The number of halogens is 1. The number of aromatic nitrogens is 2. The van der Waals surface area contributed by atoms with Crippen LogP contribution in [0.15, 0.2) is 36.4 Å². The summed E-state index contributed by atoms with van der Waals surface area (Å²) < 4.78 is 0. The molecule has 0 radical (unpaired) electrons. The lowest BCUT2D eigenvalue weighted by Crippen LogP contribution is -1.97. The number of nitrogen functional groups attached to an aromatic ring is 1. The highest BCUT2D eigenvalue weighted by atomic mass is 35.5. The van der Waals surface area contributed by atoms with Gasteiger partial charge in [0.25, 0.3) is 0 Å². The van der Waals surface area contributed by atoms with E-state index in [1.807, 2.05) is 12.1 Å². The number of anilines is 3. The van der Waals surface area contributed by atoms with E-state index in [9.17, 15) is 0 Å². The molecule has 0 spiro atoms. The smallest absolute Gasteiger partial charge is 0.153 e. The average Bonchev–Trinajstić information content (AvgIpc) is 2.22. The Hall–Kier alpha value is -1.81. The number of benzene rings is 1. The third kappa shape index (κ3) is 2.57. The van der Waals surface area contributed by atoms with Gasteiger partial charge < -0.3 is 11.1 Å². The molecular formula is C10H9ClN4. The summed E-state index contributed by atoms with van der Waals surface area (Å²) in [5.74, 6) is 1.03. The molecule has 15 heavy (non-hydrogen) atoms. The van der Waals surface area contributed by atoms with Crippen LogP contribution in [0.5, 0.6) is 0 Å². The fraction of sp³-hybridized carbons (Fsp3) is 0. The van der Waals surface area contributed by atoms with Crippen LogP contribution in [-0.4, -0.2) is 10.2 Å².